The Kier molecular flexibility index (Phi) is 2.83. The smallest absolute Gasteiger partial charge is 0.0349 e. The molecule has 2 N–H and O–H groups in total. The standard InChI is InChI=1S/C17H19N/c1-12-16(9-4-10-17(12)18)15-8-3-7-14(11-15)13-5-2-6-13/h3-4,7-11,13H,2,5-6,18H2,1H3. The fourth-order valence-corrected chi connectivity index (χ4v) is 2.67. The van der Waals surface area contributed by atoms with E-state index < -0.39 is 0 Å². The normalized spacial score (nSPS) is 15.4. The van der Waals surface area contributed by atoms with E-state index in [1.54, 1.807) is 0 Å². The van der Waals surface area contributed by atoms with Crippen LogP contribution in [0.3, 0.4) is 0 Å². The number of nitrogen functional groups attached to an aromatic ring is 1. The highest BCUT2D eigenvalue weighted by Gasteiger charge is 2.19. The molecule has 0 aliphatic heterocycles. The van der Waals surface area contributed by atoms with Gasteiger partial charge in [0.2, 0.25) is 0 Å². The third kappa shape index (κ3) is 1.90. The molecule has 0 heterocycles. The summed E-state index contributed by atoms with van der Waals surface area (Å²) < 4.78 is 0. The van der Waals surface area contributed by atoms with Gasteiger partial charge in [-0.3, -0.25) is 0 Å². The van der Waals surface area contributed by atoms with Crippen LogP contribution >= 0.6 is 0 Å². The molecular weight excluding hydrogens is 218 g/mol. The highest BCUT2D eigenvalue weighted by molar-refractivity contribution is 5.73. The number of benzene rings is 2. The molecule has 1 aliphatic rings. The lowest BCUT2D eigenvalue weighted by molar-refractivity contribution is 0.420. The first-order valence-corrected chi connectivity index (χ1v) is 6.71. The summed E-state index contributed by atoms with van der Waals surface area (Å²) in [6.45, 7) is 2.10. The van der Waals surface area contributed by atoms with Gasteiger partial charge in [-0.15, -0.1) is 0 Å². The molecule has 3 rings (SSSR count). The van der Waals surface area contributed by atoms with E-state index in [1.807, 2.05) is 12.1 Å². The number of hydrogen-bond donors (Lipinski definition) is 1. The molecule has 0 aromatic heterocycles. The molecule has 0 atom stereocenters. The summed E-state index contributed by atoms with van der Waals surface area (Å²) in [6, 6.07) is 15.1. The monoisotopic (exact) mass is 237 g/mol. The average Bonchev–Trinajstić information content (AvgIpc) is 2.31. The molecule has 2 aromatic carbocycles. The van der Waals surface area contributed by atoms with Gasteiger partial charge >= 0.3 is 0 Å². The topological polar surface area (TPSA) is 26.0 Å². The van der Waals surface area contributed by atoms with E-state index in [4.69, 9.17) is 5.73 Å². The zero-order chi connectivity index (χ0) is 12.5. The van der Waals surface area contributed by atoms with Crippen molar-refractivity contribution in [2.24, 2.45) is 0 Å². The van der Waals surface area contributed by atoms with E-state index >= 15 is 0 Å². The number of nitrogens with two attached hydrogens (primary N) is 1. The summed E-state index contributed by atoms with van der Waals surface area (Å²) >= 11 is 0. The quantitative estimate of drug-likeness (QED) is 0.764. The number of rotatable bonds is 2. The Labute approximate surface area is 109 Å². The highest BCUT2D eigenvalue weighted by atomic mass is 14.6. The van der Waals surface area contributed by atoms with Crippen molar-refractivity contribution in [2.45, 2.75) is 32.1 Å². The minimum atomic E-state index is 0.784. The Balaban J connectivity index is 2.03. The van der Waals surface area contributed by atoms with Gasteiger partial charge in [0.15, 0.2) is 0 Å². The molecule has 18 heavy (non-hydrogen) atoms. The summed E-state index contributed by atoms with van der Waals surface area (Å²) in [4.78, 5) is 0. The van der Waals surface area contributed by atoms with Crippen molar-refractivity contribution in [3.63, 3.8) is 0 Å². The van der Waals surface area contributed by atoms with Crippen LogP contribution in [0.5, 0.6) is 0 Å². The minimum Gasteiger partial charge on any atom is -0.398 e. The van der Waals surface area contributed by atoms with E-state index in [0.29, 0.717) is 0 Å². The highest BCUT2D eigenvalue weighted by Crippen LogP contribution is 2.38. The zero-order valence-corrected chi connectivity index (χ0v) is 10.8. The van der Waals surface area contributed by atoms with Crippen LogP contribution in [0.15, 0.2) is 42.5 Å². The summed E-state index contributed by atoms with van der Waals surface area (Å²) in [5, 5.41) is 0. The Morgan fingerprint density at radius 2 is 1.83 bits per heavy atom. The molecule has 1 nitrogen and oxygen atoms in total. The van der Waals surface area contributed by atoms with Crippen LogP contribution in [0.25, 0.3) is 11.1 Å². The fourth-order valence-electron chi connectivity index (χ4n) is 2.67. The van der Waals surface area contributed by atoms with Crippen molar-refractivity contribution >= 4 is 5.69 Å². The molecule has 1 saturated carbocycles. The Morgan fingerprint density at radius 1 is 1.06 bits per heavy atom. The first-order chi connectivity index (χ1) is 8.75. The lowest BCUT2D eigenvalue weighted by atomic mass is 9.79. The molecule has 0 amide bonds. The van der Waals surface area contributed by atoms with Crippen LogP contribution < -0.4 is 5.73 Å². The third-order valence-electron chi connectivity index (χ3n) is 4.15. The molecule has 0 radical (unpaired) electrons. The van der Waals surface area contributed by atoms with Gasteiger partial charge in [0, 0.05) is 5.69 Å². The molecule has 0 unspecified atom stereocenters. The number of anilines is 1. The predicted octanol–water partition coefficient (Wildman–Crippen LogP) is 4.51. The molecule has 0 saturated heterocycles. The van der Waals surface area contributed by atoms with Crippen molar-refractivity contribution in [3.05, 3.63) is 53.6 Å². The van der Waals surface area contributed by atoms with E-state index in [2.05, 4.69) is 37.3 Å². The summed E-state index contributed by atoms with van der Waals surface area (Å²) in [6.07, 6.45) is 4.07. The average molecular weight is 237 g/mol. The molecule has 1 aliphatic carbocycles. The van der Waals surface area contributed by atoms with E-state index in [0.717, 1.165) is 11.6 Å². The van der Waals surface area contributed by atoms with Crippen molar-refractivity contribution in [1.29, 1.82) is 0 Å². The maximum atomic E-state index is 5.99. The van der Waals surface area contributed by atoms with Gasteiger partial charge < -0.3 is 5.73 Å². The summed E-state index contributed by atoms with van der Waals surface area (Å²) in [5.74, 6) is 0.784. The maximum absolute atomic E-state index is 5.99. The second-order valence-electron chi connectivity index (χ2n) is 5.27. The Morgan fingerprint density at radius 3 is 2.56 bits per heavy atom. The van der Waals surface area contributed by atoms with Gasteiger partial charge in [0.25, 0.3) is 0 Å². The molecule has 0 spiro atoms. The number of hydrogen-bond acceptors (Lipinski definition) is 1. The molecule has 1 heteroatoms. The van der Waals surface area contributed by atoms with Crippen LogP contribution in [0.4, 0.5) is 5.69 Å². The molecule has 2 aromatic rings. The van der Waals surface area contributed by atoms with E-state index in [-0.39, 0.29) is 0 Å². The van der Waals surface area contributed by atoms with Crippen molar-refractivity contribution in [2.75, 3.05) is 5.73 Å². The van der Waals surface area contributed by atoms with Gasteiger partial charge in [0.05, 0.1) is 0 Å². The Bertz CT molecular complexity index is 568. The second-order valence-corrected chi connectivity index (χ2v) is 5.27. The van der Waals surface area contributed by atoms with Crippen LogP contribution in [0.1, 0.15) is 36.3 Å². The lowest BCUT2D eigenvalue weighted by Crippen LogP contribution is -2.08. The van der Waals surface area contributed by atoms with Gasteiger partial charge in [-0.1, -0.05) is 42.8 Å². The second kappa shape index (κ2) is 4.49. The largest absolute Gasteiger partial charge is 0.398 e. The van der Waals surface area contributed by atoms with Crippen molar-refractivity contribution < 1.29 is 0 Å². The van der Waals surface area contributed by atoms with Crippen LogP contribution in [0, 0.1) is 6.92 Å². The Hall–Kier alpha value is -1.76. The van der Waals surface area contributed by atoms with Crippen LogP contribution in [-0.2, 0) is 0 Å². The maximum Gasteiger partial charge on any atom is 0.0349 e. The third-order valence-corrected chi connectivity index (χ3v) is 4.15. The first-order valence-electron chi connectivity index (χ1n) is 6.71. The molecule has 0 bridgehead atoms. The van der Waals surface area contributed by atoms with Gasteiger partial charge in [-0.2, -0.15) is 0 Å². The molecular formula is C17H19N. The van der Waals surface area contributed by atoms with Gasteiger partial charge in [-0.25, -0.2) is 0 Å². The summed E-state index contributed by atoms with van der Waals surface area (Å²) in [5.41, 5.74) is 12.1. The first kappa shape index (κ1) is 11.3. The van der Waals surface area contributed by atoms with Crippen molar-refractivity contribution in [1.82, 2.24) is 0 Å². The fraction of sp³-hybridized carbons (Fsp3) is 0.294. The lowest BCUT2D eigenvalue weighted by Gasteiger charge is -2.26. The van der Waals surface area contributed by atoms with Crippen LogP contribution in [-0.4, -0.2) is 0 Å². The van der Waals surface area contributed by atoms with Gasteiger partial charge in [-0.05, 0) is 54.0 Å². The SMILES string of the molecule is Cc1c(N)cccc1-c1cccc(C2CCC2)c1. The van der Waals surface area contributed by atoms with E-state index in [1.165, 1.54) is 41.5 Å². The van der Waals surface area contributed by atoms with Gasteiger partial charge in [0.1, 0.15) is 0 Å². The minimum absolute atomic E-state index is 0.784. The summed E-state index contributed by atoms with van der Waals surface area (Å²) in [7, 11) is 0. The molecule has 1 fully saturated rings. The van der Waals surface area contributed by atoms with Crippen molar-refractivity contribution in [3.8, 4) is 11.1 Å². The van der Waals surface area contributed by atoms with E-state index in [9.17, 15) is 0 Å². The predicted molar refractivity (Wildman–Crippen MR) is 77.6 cm³/mol. The molecule has 92 valence electrons. The van der Waals surface area contributed by atoms with Crippen LogP contribution in [0.2, 0.25) is 0 Å². The zero-order valence-electron chi connectivity index (χ0n) is 10.8.